The standard InChI is InChI=1S/C20H7Cl12NO2/c21-11-13(23)17(27)9-7(15(11,25)19(17,29)30)5-2-1-4(33(34)35)3-6(5)8-10(9)18(28)14(24)12(22)16(8,26)20(18,31)32/h1-3,7-10H/t7-,8+,9+,10+,15-,16-,17+,18+/m0/s1. The zero-order valence-electron chi connectivity index (χ0n) is 16.3. The summed E-state index contributed by atoms with van der Waals surface area (Å²) in [6.07, 6.45) is 0. The van der Waals surface area contributed by atoms with Gasteiger partial charge in [0.05, 0.1) is 25.1 Å². The van der Waals surface area contributed by atoms with Crippen molar-refractivity contribution in [1.29, 1.82) is 0 Å². The van der Waals surface area contributed by atoms with E-state index in [-0.39, 0.29) is 25.8 Å². The van der Waals surface area contributed by atoms with Gasteiger partial charge in [0.1, 0.15) is 19.5 Å². The van der Waals surface area contributed by atoms with Crippen LogP contribution in [0.1, 0.15) is 23.0 Å². The van der Waals surface area contributed by atoms with Crippen molar-refractivity contribution in [1.82, 2.24) is 0 Å². The minimum Gasteiger partial charge on any atom is -0.258 e. The van der Waals surface area contributed by atoms with E-state index in [0.717, 1.165) is 0 Å². The Morgan fingerprint density at radius 1 is 0.629 bits per heavy atom. The highest BCUT2D eigenvalue weighted by Crippen LogP contribution is 2.88. The molecule has 6 rings (SSSR count). The fraction of sp³-hybridized carbons (Fsp3) is 0.500. The number of nitro benzene ring substituents is 1. The van der Waals surface area contributed by atoms with Gasteiger partial charge in [0, 0.05) is 35.8 Å². The summed E-state index contributed by atoms with van der Waals surface area (Å²) in [5, 5.41) is 11.4. The lowest BCUT2D eigenvalue weighted by molar-refractivity contribution is -0.385. The summed E-state index contributed by atoms with van der Waals surface area (Å²) in [7, 11) is 0. The van der Waals surface area contributed by atoms with Gasteiger partial charge in [-0.2, -0.15) is 0 Å². The number of halogens is 12. The van der Waals surface area contributed by atoms with Crippen molar-refractivity contribution >= 4 is 145 Å². The van der Waals surface area contributed by atoms with Gasteiger partial charge < -0.3 is 0 Å². The Kier molecular flexibility index (Phi) is 5.55. The average Bonchev–Trinajstić information content (AvgIpc) is 3.13. The molecule has 0 saturated heterocycles. The van der Waals surface area contributed by atoms with Crippen molar-refractivity contribution in [2.75, 3.05) is 0 Å². The summed E-state index contributed by atoms with van der Waals surface area (Å²) in [5.41, 5.74) is 0.669. The van der Waals surface area contributed by atoms with Crippen LogP contribution in [0.5, 0.6) is 0 Å². The smallest absolute Gasteiger partial charge is 0.258 e. The number of non-ortho nitro benzene ring substituents is 1. The van der Waals surface area contributed by atoms with Gasteiger partial charge in [-0.15, -0.1) is 46.4 Å². The normalized spacial score (nSPS) is 47.8. The number of fused-ring (bicyclic) bond motifs is 14. The van der Waals surface area contributed by atoms with Crippen LogP contribution in [-0.2, 0) is 0 Å². The Labute approximate surface area is 258 Å². The molecule has 2 fully saturated rings. The number of nitro groups is 1. The predicted molar refractivity (Wildman–Crippen MR) is 146 cm³/mol. The molecule has 0 radical (unpaired) electrons. The third kappa shape index (κ3) is 2.35. The highest BCUT2D eigenvalue weighted by Gasteiger charge is 2.91. The van der Waals surface area contributed by atoms with Gasteiger partial charge in [0.15, 0.2) is 8.67 Å². The van der Waals surface area contributed by atoms with Crippen molar-refractivity contribution in [2.24, 2.45) is 11.8 Å². The summed E-state index contributed by atoms with van der Waals surface area (Å²) in [4.78, 5) is 4.05. The molecule has 5 aliphatic rings. The molecule has 0 spiro atoms. The maximum absolute atomic E-state index is 11.7. The van der Waals surface area contributed by atoms with Gasteiger partial charge in [-0.3, -0.25) is 10.1 Å². The Bertz CT molecular complexity index is 1340. The summed E-state index contributed by atoms with van der Waals surface area (Å²) < 4.78 is -3.93. The first-order valence-electron chi connectivity index (χ1n) is 9.83. The van der Waals surface area contributed by atoms with Crippen LogP contribution in [0.2, 0.25) is 0 Å². The Morgan fingerprint density at radius 3 is 1.40 bits per heavy atom. The largest absolute Gasteiger partial charge is 0.269 e. The number of hydrogen-bond acceptors (Lipinski definition) is 2. The van der Waals surface area contributed by atoms with Gasteiger partial charge in [-0.25, -0.2) is 0 Å². The van der Waals surface area contributed by atoms with Crippen LogP contribution in [0.15, 0.2) is 38.3 Å². The molecule has 8 atom stereocenters. The third-order valence-corrected chi connectivity index (χ3v) is 16.9. The molecule has 1 aromatic rings. The molecule has 5 aliphatic carbocycles. The molecule has 3 nitrogen and oxygen atoms in total. The second-order valence-corrected chi connectivity index (χ2v) is 15.9. The van der Waals surface area contributed by atoms with Crippen molar-refractivity contribution in [3.05, 3.63) is 59.6 Å². The summed E-state index contributed by atoms with van der Waals surface area (Å²) in [6, 6.07) is 4.20. The topological polar surface area (TPSA) is 43.1 Å². The number of benzene rings is 1. The van der Waals surface area contributed by atoms with Crippen LogP contribution in [0.4, 0.5) is 5.69 Å². The molecule has 0 aromatic heterocycles. The van der Waals surface area contributed by atoms with Crippen LogP contribution in [0, 0.1) is 22.0 Å². The van der Waals surface area contributed by atoms with E-state index in [1.54, 1.807) is 0 Å². The number of hydrogen-bond donors (Lipinski definition) is 0. The van der Waals surface area contributed by atoms with Gasteiger partial charge in [-0.1, -0.05) is 98.9 Å². The molecule has 2 saturated carbocycles. The highest BCUT2D eigenvalue weighted by atomic mass is 35.5. The number of rotatable bonds is 1. The van der Waals surface area contributed by atoms with Gasteiger partial charge in [0.2, 0.25) is 0 Å². The average molecular weight is 719 g/mol. The monoisotopic (exact) mass is 713 g/mol. The molecule has 188 valence electrons. The van der Waals surface area contributed by atoms with E-state index >= 15 is 0 Å². The predicted octanol–water partition coefficient (Wildman–Crippen LogP) is 9.70. The lowest BCUT2D eigenvalue weighted by Gasteiger charge is -2.52. The zero-order valence-corrected chi connectivity index (χ0v) is 25.4. The van der Waals surface area contributed by atoms with Gasteiger partial charge >= 0.3 is 0 Å². The van der Waals surface area contributed by atoms with Crippen molar-refractivity contribution in [3.8, 4) is 0 Å². The molecule has 1 aromatic carbocycles. The Hall–Kier alpha value is 1.58. The molecule has 0 unspecified atom stereocenters. The maximum Gasteiger partial charge on any atom is 0.269 e. The van der Waals surface area contributed by atoms with Gasteiger partial charge in [-0.05, 0) is 11.1 Å². The minimum absolute atomic E-state index is 0.0418. The van der Waals surface area contributed by atoms with Gasteiger partial charge in [0.25, 0.3) is 5.69 Å². The lowest BCUT2D eigenvalue weighted by atomic mass is 9.57. The number of nitrogens with zero attached hydrogens (tertiary/aromatic N) is 1. The van der Waals surface area contributed by atoms with E-state index < -0.39 is 56.8 Å². The van der Waals surface area contributed by atoms with Crippen molar-refractivity contribution in [2.45, 2.75) is 40.0 Å². The SMILES string of the molecule is O=[N+]([O-])c1ccc2c(c1)[C@@H]1[C@H]([C@H]3[C@H]2[C@]2(Cl)C(Cl)=C(Cl)[C@@]3(Cl)C2(Cl)Cl)[C@@]2(Cl)C(Cl)=C(Cl)[C@]1(Cl)C2(Cl)Cl. The number of allylic oxidation sites excluding steroid dienone is 4. The molecule has 0 N–H and O–H groups in total. The van der Waals surface area contributed by atoms with E-state index in [4.69, 9.17) is 139 Å². The molecule has 0 aliphatic heterocycles. The quantitative estimate of drug-likeness (QED) is 0.165. The van der Waals surface area contributed by atoms with Crippen LogP contribution >= 0.6 is 139 Å². The fourth-order valence-electron chi connectivity index (χ4n) is 7.00. The van der Waals surface area contributed by atoms with Crippen molar-refractivity contribution < 1.29 is 4.92 Å². The molecule has 15 heteroatoms. The molecule has 35 heavy (non-hydrogen) atoms. The first kappa shape index (κ1) is 26.8. The maximum atomic E-state index is 11.7. The van der Waals surface area contributed by atoms with Crippen molar-refractivity contribution in [3.63, 3.8) is 0 Å². The summed E-state index contributed by atoms with van der Waals surface area (Å²) in [6.45, 7) is 0. The Morgan fingerprint density at radius 2 is 1.00 bits per heavy atom. The molecule has 0 heterocycles. The second-order valence-electron chi connectivity index (χ2n) is 9.33. The molecular formula is C20H7Cl12NO2. The van der Waals surface area contributed by atoms with Crippen LogP contribution < -0.4 is 0 Å². The second kappa shape index (κ2) is 7.25. The highest BCUT2D eigenvalue weighted by molar-refractivity contribution is 6.67. The fourth-order valence-corrected chi connectivity index (χ4v) is 13.1. The first-order chi connectivity index (χ1) is 15.9. The van der Waals surface area contributed by atoms with Crippen LogP contribution in [0.25, 0.3) is 0 Å². The van der Waals surface area contributed by atoms with E-state index in [1.165, 1.54) is 18.2 Å². The zero-order chi connectivity index (χ0) is 26.0. The lowest BCUT2D eigenvalue weighted by Crippen LogP contribution is -2.53. The minimum atomic E-state index is -1.99. The first-order valence-corrected chi connectivity index (χ1v) is 14.4. The van der Waals surface area contributed by atoms with Crippen LogP contribution in [-0.4, -0.2) is 33.1 Å². The Balaban J connectivity index is 1.79. The van der Waals surface area contributed by atoms with Crippen LogP contribution in [0.3, 0.4) is 0 Å². The molecular weight excluding hydrogens is 712 g/mol. The van der Waals surface area contributed by atoms with E-state index in [0.29, 0.717) is 11.1 Å². The summed E-state index contributed by atoms with van der Waals surface area (Å²) >= 11 is 82.9. The van der Waals surface area contributed by atoms with E-state index in [2.05, 4.69) is 0 Å². The molecule has 4 bridgehead atoms. The number of alkyl halides is 8. The third-order valence-electron chi connectivity index (χ3n) is 8.32. The summed E-state index contributed by atoms with van der Waals surface area (Å²) in [5.74, 6) is -3.52. The van der Waals surface area contributed by atoms with E-state index in [1.807, 2.05) is 0 Å². The van der Waals surface area contributed by atoms with E-state index in [9.17, 15) is 10.1 Å². The molecule has 0 amide bonds.